The van der Waals surface area contributed by atoms with E-state index in [1.54, 1.807) is 18.2 Å². The Morgan fingerprint density at radius 2 is 1.85 bits per heavy atom. The normalized spacial score (nSPS) is 13.3. The topological polar surface area (TPSA) is 59.0 Å². The fraction of sp³-hybridized carbons (Fsp3) is 0.235. The number of hydrogen-bond acceptors (Lipinski definition) is 3. The van der Waals surface area contributed by atoms with Crippen molar-refractivity contribution in [2.24, 2.45) is 5.73 Å². The predicted octanol–water partition coefficient (Wildman–Crippen LogP) is 3.33. The van der Waals surface area contributed by atoms with Gasteiger partial charge < -0.3 is 10.5 Å². The van der Waals surface area contributed by atoms with Gasteiger partial charge in [-0.05, 0) is 37.6 Å². The lowest BCUT2D eigenvalue weighted by molar-refractivity contribution is 0.180. The lowest BCUT2D eigenvalue weighted by Gasteiger charge is -2.23. The minimum atomic E-state index is -0.232. The van der Waals surface area contributed by atoms with E-state index in [1.807, 2.05) is 44.2 Å². The summed E-state index contributed by atoms with van der Waals surface area (Å²) in [7, 11) is 0. The van der Waals surface area contributed by atoms with E-state index in [0.717, 1.165) is 5.56 Å². The maximum absolute atomic E-state index is 8.92. The maximum atomic E-state index is 8.92. The molecule has 0 spiro atoms. The molecule has 2 aromatic carbocycles. The van der Waals surface area contributed by atoms with Crippen molar-refractivity contribution >= 4 is 0 Å². The average Bonchev–Trinajstić information content (AvgIpc) is 2.46. The number of aryl methyl sites for hydroxylation is 1. The molecule has 2 rings (SSSR count). The molecule has 0 radical (unpaired) electrons. The molecule has 2 N–H and O–H groups in total. The van der Waals surface area contributed by atoms with Gasteiger partial charge in [-0.15, -0.1) is 0 Å². The zero-order valence-electron chi connectivity index (χ0n) is 11.7. The fourth-order valence-corrected chi connectivity index (χ4v) is 2.02. The summed E-state index contributed by atoms with van der Waals surface area (Å²) >= 11 is 0. The van der Waals surface area contributed by atoms with Gasteiger partial charge in [0, 0.05) is 6.04 Å². The molecule has 0 amide bonds. The van der Waals surface area contributed by atoms with E-state index in [9.17, 15) is 0 Å². The number of nitrogens with zero attached hydrogens (tertiary/aromatic N) is 1. The number of nitriles is 1. The van der Waals surface area contributed by atoms with E-state index in [4.69, 9.17) is 15.7 Å². The number of benzene rings is 2. The van der Waals surface area contributed by atoms with Crippen molar-refractivity contribution in [1.29, 1.82) is 5.26 Å². The molecule has 102 valence electrons. The monoisotopic (exact) mass is 266 g/mol. The van der Waals surface area contributed by atoms with Gasteiger partial charge in [0.1, 0.15) is 11.9 Å². The zero-order valence-corrected chi connectivity index (χ0v) is 11.7. The van der Waals surface area contributed by atoms with Gasteiger partial charge in [-0.3, -0.25) is 0 Å². The van der Waals surface area contributed by atoms with Crippen LogP contribution < -0.4 is 10.5 Å². The smallest absolute Gasteiger partial charge is 0.138 e. The van der Waals surface area contributed by atoms with Gasteiger partial charge in [0.15, 0.2) is 0 Å². The molecule has 3 nitrogen and oxygen atoms in total. The molecule has 0 aliphatic rings. The van der Waals surface area contributed by atoms with E-state index >= 15 is 0 Å². The van der Waals surface area contributed by atoms with Crippen LogP contribution in [-0.4, -0.2) is 6.04 Å². The van der Waals surface area contributed by atoms with Crippen molar-refractivity contribution in [2.45, 2.75) is 26.0 Å². The van der Waals surface area contributed by atoms with Gasteiger partial charge >= 0.3 is 0 Å². The number of nitrogens with two attached hydrogens (primary N) is 1. The molecule has 0 aromatic heterocycles. The summed E-state index contributed by atoms with van der Waals surface area (Å²) in [5.41, 5.74) is 8.85. The number of hydrogen-bond donors (Lipinski definition) is 1. The average molecular weight is 266 g/mol. The lowest BCUT2D eigenvalue weighted by atomic mass is 10.0. The Kier molecular flexibility index (Phi) is 4.39. The van der Waals surface area contributed by atoms with Crippen LogP contribution in [0.5, 0.6) is 5.75 Å². The molecule has 2 unspecified atom stereocenters. The molecule has 2 atom stereocenters. The van der Waals surface area contributed by atoms with Crippen LogP contribution in [0.2, 0.25) is 0 Å². The van der Waals surface area contributed by atoms with E-state index in [-0.39, 0.29) is 12.1 Å². The Bertz CT molecular complexity index is 612. The summed E-state index contributed by atoms with van der Waals surface area (Å²) in [6.45, 7) is 3.96. The van der Waals surface area contributed by atoms with Crippen LogP contribution >= 0.6 is 0 Å². The van der Waals surface area contributed by atoms with Crippen molar-refractivity contribution in [3.05, 3.63) is 65.2 Å². The Balaban J connectivity index is 2.26. The predicted molar refractivity (Wildman–Crippen MR) is 79.4 cm³/mol. The van der Waals surface area contributed by atoms with Crippen LogP contribution in [0.4, 0.5) is 0 Å². The first-order valence-electron chi connectivity index (χ1n) is 6.59. The lowest BCUT2D eigenvalue weighted by Crippen LogP contribution is -2.29. The second-order valence-corrected chi connectivity index (χ2v) is 4.95. The van der Waals surface area contributed by atoms with Crippen molar-refractivity contribution in [3.63, 3.8) is 0 Å². The van der Waals surface area contributed by atoms with Crippen molar-refractivity contribution in [1.82, 2.24) is 0 Å². The minimum absolute atomic E-state index is 0.150. The first-order valence-corrected chi connectivity index (χ1v) is 6.59. The quantitative estimate of drug-likeness (QED) is 0.923. The Hall–Kier alpha value is -2.31. The summed E-state index contributed by atoms with van der Waals surface area (Å²) in [6, 6.07) is 17.2. The number of rotatable bonds is 4. The third kappa shape index (κ3) is 3.37. The van der Waals surface area contributed by atoms with E-state index in [0.29, 0.717) is 11.3 Å². The van der Waals surface area contributed by atoms with E-state index < -0.39 is 0 Å². The summed E-state index contributed by atoms with van der Waals surface area (Å²) < 4.78 is 5.97. The van der Waals surface area contributed by atoms with Gasteiger partial charge in [-0.25, -0.2) is 0 Å². The van der Waals surface area contributed by atoms with Crippen LogP contribution in [-0.2, 0) is 0 Å². The van der Waals surface area contributed by atoms with Gasteiger partial charge in [0.05, 0.1) is 11.6 Å². The van der Waals surface area contributed by atoms with Gasteiger partial charge in [-0.2, -0.15) is 5.26 Å². The Labute approximate surface area is 119 Å². The fourth-order valence-electron chi connectivity index (χ4n) is 2.02. The van der Waals surface area contributed by atoms with Crippen LogP contribution in [0.25, 0.3) is 0 Å². The summed E-state index contributed by atoms with van der Waals surface area (Å²) in [5.74, 6) is 0.659. The van der Waals surface area contributed by atoms with Gasteiger partial charge in [0.2, 0.25) is 0 Å². The molecule has 0 saturated heterocycles. The molecule has 0 heterocycles. The Morgan fingerprint density at radius 3 is 2.45 bits per heavy atom. The van der Waals surface area contributed by atoms with Crippen LogP contribution in [0, 0.1) is 18.3 Å². The second-order valence-electron chi connectivity index (χ2n) is 4.95. The summed E-state index contributed by atoms with van der Waals surface area (Å²) in [5, 5.41) is 8.92. The van der Waals surface area contributed by atoms with Gasteiger partial charge in [0.25, 0.3) is 0 Å². The summed E-state index contributed by atoms with van der Waals surface area (Å²) in [4.78, 5) is 0. The maximum Gasteiger partial charge on any atom is 0.138 e. The van der Waals surface area contributed by atoms with Crippen molar-refractivity contribution < 1.29 is 4.74 Å². The largest absolute Gasteiger partial charge is 0.484 e. The minimum Gasteiger partial charge on any atom is -0.484 e. The van der Waals surface area contributed by atoms with E-state index in [2.05, 4.69) is 6.07 Å². The molecule has 2 aromatic rings. The van der Waals surface area contributed by atoms with Gasteiger partial charge in [-0.1, -0.05) is 35.9 Å². The molecular formula is C17H18N2O. The third-order valence-corrected chi connectivity index (χ3v) is 3.11. The first kappa shape index (κ1) is 14.1. The zero-order chi connectivity index (χ0) is 14.5. The first-order chi connectivity index (χ1) is 9.60. The van der Waals surface area contributed by atoms with Crippen LogP contribution in [0.3, 0.4) is 0 Å². The SMILES string of the molecule is Cc1ccc(C(Oc2cccc(C#N)c2)C(C)N)cc1. The third-order valence-electron chi connectivity index (χ3n) is 3.11. The summed E-state index contributed by atoms with van der Waals surface area (Å²) in [6.07, 6.45) is -0.232. The highest BCUT2D eigenvalue weighted by molar-refractivity contribution is 5.37. The highest BCUT2D eigenvalue weighted by Crippen LogP contribution is 2.25. The van der Waals surface area contributed by atoms with E-state index in [1.165, 1.54) is 5.56 Å². The van der Waals surface area contributed by atoms with Crippen LogP contribution in [0.15, 0.2) is 48.5 Å². The van der Waals surface area contributed by atoms with Crippen molar-refractivity contribution in [3.8, 4) is 11.8 Å². The molecule has 3 heteroatoms. The molecule has 0 fully saturated rings. The number of ether oxygens (including phenoxy) is 1. The molecular weight excluding hydrogens is 248 g/mol. The van der Waals surface area contributed by atoms with Crippen LogP contribution in [0.1, 0.15) is 29.7 Å². The Morgan fingerprint density at radius 1 is 1.15 bits per heavy atom. The highest BCUT2D eigenvalue weighted by atomic mass is 16.5. The molecule has 0 saturated carbocycles. The highest BCUT2D eigenvalue weighted by Gasteiger charge is 2.18. The molecule has 20 heavy (non-hydrogen) atoms. The standard InChI is InChI=1S/C17H18N2O/c1-12-6-8-15(9-7-12)17(13(2)19)20-16-5-3-4-14(10-16)11-18/h3-10,13,17H,19H2,1-2H3. The second kappa shape index (κ2) is 6.23. The molecule has 0 bridgehead atoms. The molecule has 0 aliphatic carbocycles. The molecule has 0 aliphatic heterocycles. The van der Waals surface area contributed by atoms with Crippen molar-refractivity contribution in [2.75, 3.05) is 0 Å².